The Morgan fingerprint density at radius 1 is 1.08 bits per heavy atom. The number of fused-ring (bicyclic) bond motifs is 1. The molecule has 0 saturated carbocycles. The third-order valence-electron chi connectivity index (χ3n) is 5.54. The van der Waals surface area contributed by atoms with Gasteiger partial charge in [0.15, 0.2) is 0 Å². The molecular weight excluding hydrogens is 498 g/mol. The lowest BCUT2D eigenvalue weighted by molar-refractivity contribution is 0.102. The van der Waals surface area contributed by atoms with E-state index in [1.807, 2.05) is 39.0 Å². The van der Waals surface area contributed by atoms with E-state index >= 15 is 0 Å². The smallest absolute Gasteiger partial charge is 0.256 e. The number of ether oxygens (including phenoxy) is 1. The number of rotatable bonds is 10. The van der Waals surface area contributed by atoms with Gasteiger partial charge in [-0.15, -0.1) is 0 Å². The molecule has 9 nitrogen and oxygen atoms in total. The van der Waals surface area contributed by atoms with Crippen molar-refractivity contribution in [2.75, 3.05) is 25.5 Å². The molecule has 0 saturated heterocycles. The molecule has 2 aromatic heterocycles. The highest BCUT2D eigenvalue weighted by atomic mass is 32.2. The number of hydrogen-bond donors (Lipinski definition) is 1. The highest BCUT2D eigenvalue weighted by Crippen LogP contribution is 2.30. The molecule has 0 aliphatic rings. The molecule has 0 bridgehead atoms. The minimum absolute atomic E-state index is 0.173. The monoisotopic (exact) mass is 527 g/mol. The molecule has 4 aromatic rings. The number of anilines is 1. The van der Waals surface area contributed by atoms with E-state index in [4.69, 9.17) is 4.74 Å². The van der Waals surface area contributed by atoms with Crippen molar-refractivity contribution in [2.24, 2.45) is 0 Å². The van der Waals surface area contributed by atoms with Crippen LogP contribution in [-0.2, 0) is 10.0 Å². The number of aryl methyl sites for hydroxylation is 1. The van der Waals surface area contributed by atoms with Gasteiger partial charge in [0, 0.05) is 24.7 Å². The Morgan fingerprint density at radius 3 is 2.42 bits per heavy atom. The van der Waals surface area contributed by atoms with Crippen LogP contribution in [0.15, 0.2) is 53.4 Å². The Kier molecular flexibility index (Phi) is 7.72. The Labute approximate surface area is 214 Å². The minimum atomic E-state index is -3.61. The van der Waals surface area contributed by atoms with E-state index in [0.29, 0.717) is 29.6 Å². The third-order valence-corrected chi connectivity index (χ3v) is 8.45. The number of carbonyl (C=O) groups excluding carboxylic acids is 1. The summed E-state index contributed by atoms with van der Waals surface area (Å²) < 4.78 is 35.3. The maximum atomic E-state index is 13.0. The quantitative estimate of drug-likeness (QED) is 0.316. The van der Waals surface area contributed by atoms with Gasteiger partial charge in [0.05, 0.1) is 27.9 Å². The van der Waals surface area contributed by atoms with Gasteiger partial charge in [-0.25, -0.2) is 13.4 Å². The molecule has 11 heteroatoms. The van der Waals surface area contributed by atoms with Crippen molar-refractivity contribution in [3.63, 3.8) is 0 Å². The number of hydrogen-bond acceptors (Lipinski definition) is 7. The van der Waals surface area contributed by atoms with E-state index in [1.165, 1.54) is 39.9 Å². The molecule has 1 N–H and O–H groups in total. The van der Waals surface area contributed by atoms with Gasteiger partial charge >= 0.3 is 0 Å². The number of thiazole rings is 1. The summed E-state index contributed by atoms with van der Waals surface area (Å²) in [4.78, 5) is 17.8. The topological polar surface area (TPSA) is 106 Å². The zero-order valence-electron chi connectivity index (χ0n) is 20.7. The molecule has 0 aliphatic heterocycles. The number of amides is 1. The second-order valence-corrected chi connectivity index (χ2v) is 11.2. The van der Waals surface area contributed by atoms with E-state index in [9.17, 15) is 13.2 Å². The zero-order chi connectivity index (χ0) is 25.9. The van der Waals surface area contributed by atoms with Crippen LogP contribution >= 0.6 is 11.3 Å². The average molecular weight is 528 g/mol. The van der Waals surface area contributed by atoms with E-state index in [0.717, 1.165) is 34.5 Å². The Balaban J connectivity index is 1.57. The Morgan fingerprint density at radius 2 is 1.78 bits per heavy atom. The summed E-state index contributed by atoms with van der Waals surface area (Å²) in [6.45, 7) is 6.65. The van der Waals surface area contributed by atoms with E-state index in [1.54, 1.807) is 17.9 Å². The summed E-state index contributed by atoms with van der Waals surface area (Å²) >= 11 is 1.43. The molecular formula is C25H29N5O4S2. The molecule has 36 heavy (non-hydrogen) atoms. The molecule has 2 aromatic carbocycles. The largest absolute Gasteiger partial charge is 0.497 e. The summed E-state index contributed by atoms with van der Waals surface area (Å²) in [5, 5.41) is 7.98. The van der Waals surface area contributed by atoms with Gasteiger partial charge in [0.25, 0.3) is 5.91 Å². The first-order valence-corrected chi connectivity index (χ1v) is 14.0. The van der Waals surface area contributed by atoms with Crippen molar-refractivity contribution in [2.45, 2.75) is 38.5 Å². The molecule has 0 unspecified atom stereocenters. The van der Waals surface area contributed by atoms with Crippen molar-refractivity contribution < 1.29 is 17.9 Å². The maximum Gasteiger partial charge on any atom is 0.256 e. The first kappa shape index (κ1) is 25.8. The number of aromatic nitrogens is 3. The molecule has 4 rings (SSSR count). The number of methoxy groups -OCH3 is 1. The molecule has 0 aliphatic carbocycles. The Bertz CT molecular complexity index is 1470. The van der Waals surface area contributed by atoms with Gasteiger partial charge < -0.3 is 10.1 Å². The van der Waals surface area contributed by atoms with Gasteiger partial charge in [-0.05, 0) is 62.2 Å². The standard InChI is InChI=1S/C25H29N5O4S2/c1-5-13-29(14-6-2)36(32,33)20-10-7-18(8-11-20)24(31)27-23-15-17(3)28-30(23)25-26-21-12-9-19(34-4)16-22(21)35-25/h7-12,15-16H,5-6,13-14H2,1-4H3,(H,27,31). The molecule has 2 heterocycles. The molecule has 190 valence electrons. The van der Waals surface area contributed by atoms with Crippen molar-refractivity contribution in [1.29, 1.82) is 0 Å². The third kappa shape index (κ3) is 5.28. The van der Waals surface area contributed by atoms with Crippen LogP contribution in [0.3, 0.4) is 0 Å². The van der Waals surface area contributed by atoms with Crippen LogP contribution in [0.25, 0.3) is 15.3 Å². The van der Waals surface area contributed by atoms with E-state index in [2.05, 4.69) is 15.4 Å². The summed E-state index contributed by atoms with van der Waals surface area (Å²) in [7, 11) is -2.00. The summed E-state index contributed by atoms with van der Waals surface area (Å²) in [6.07, 6.45) is 1.46. The predicted molar refractivity (Wildman–Crippen MR) is 142 cm³/mol. The van der Waals surface area contributed by atoms with Crippen LogP contribution in [0.4, 0.5) is 5.82 Å². The van der Waals surface area contributed by atoms with Crippen molar-refractivity contribution in [1.82, 2.24) is 19.1 Å². The highest BCUT2D eigenvalue weighted by molar-refractivity contribution is 7.89. The van der Waals surface area contributed by atoms with Crippen LogP contribution in [0.2, 0.25) is 0 Å². The van der Waals surface area contributed by atoms with E-state index < -0.39 is 10.0 Å². The number of benzene rings is 2. The Hall–Kier alpha value is -3.28. The molecule has 0 fully saturated rings. The minimum Gasteiger partial charge on any atom is -0.497 e. The van der Waals surface area contributed by atoms with Crippen molar-refractivity contribution in [3.05, 3.63) is 59.8 Å². The fourth-order valence-corrected chi connectivity index (χ4v) is 6.40. The second kappa shape index (κ2) is 10.8. The lowest BCUT2D eigenvalue weighted by atomic mass is 10.2. The maximum absolute atomic E-state index is 13.0. The lowest BCUT2D eigenvalue weighted by Crippen LogP contribution is -2.32. The SMILES string of the molecule is CCCN(CCC)S(=O)(=O)c1ccc(C(=O)Nc2cc(C)nn2-c2nc3ccc(OC)cc3s2)cc1. The molecule has 1 amide bonds. The summed E-state index contributed by atoms with van der Waals surface area (Å²) in [5.74, 6) is 0.833. The highest BCUT2D eigenvalue weighted by Gasteiger charge is 2.23. The average Bonchev–Trinajstić information content (AvgIpc) is 3.46. The van der Waals surface area contributed by atoms with Crippen LogP contribution in [-0.4, -0.2) is 53.6 Å². The van der Waals surface area contributed by atoms with E-state index in [-0.39, 0.29) is 10.8 Å². The molecule has 0 radical (unpaired) electrons. The first-order chi connectivity index (χ1) is 17.3. The van der Waals surface area contributed by atoms with Crippen LogP contribution in [0.1, 0.15) is 42.7 Å². The number of carbonyl (C=O) groups is 1. The molecule has 0 spiro atoms. The van der Waals surface area contributed by atoms with Crippen molar-refractivity contribution in [3.8, 4) is 10.9 Å². The molecule has 0 atom stereocenters. The number of nitrogens with one attached hydrogen (secondary N) is 1. The van der Waals surface area contributed by atoms with Crippen LogP contribution in [0.5, 0.6) is 5.75 Å². The fourth-order valence-electron chi connectivity index (χ4n) is 3.81. The number of sulfonamides is 1. The van der Waals surface area contributed by atoms with Gasteiger partial charge in [0.1, 0.15) is 11.6 Å². The number of nitrogens with zero attached hydrogens (tertiary/aromatic N) is 4. The zero-order valence-corrected chi connectivity index (χ0v) is 22.3. The van der Waals surface area contributed by atoms with Crippen molar-refractivity contribution >= 4 is 43.3 Å². The normalized spacial score (nSPS) is 11.8. The van der Waals surface area contributed by atoms with Gasteiger partial charge in [-0.1, -0.05) is 25.2 Å². The van der Waals surface area contributed by atoms with Gasteiger partial charge in [-0.2, -0.15) is 14.1 Å². The van der Waals surface area contributed by atoms with Gasteiger partial charge in [0.2, 0.25) is 15.2 Å². The summed E-state index contributed by atoms with van der Waals surface area (Å²) in [6, 6.07) is 13.4. The fraction of sp³-hybridized carbons (Fsp3) is 0.320. The first-order valence-electron chi connectivity index (χ1n) is 11.7. The summed E-state index contributed by atoms with van der Waals surface area (Å²) in [5.41, 5.74) is 1.86. The second-order valence-electron chi connectivity index (χ2n) is 8.30. The lowest BCUT2D eigenvalue weighted by Gasteiger charge is -2.21. The van der Waals surface area contributed by atoms with Crippen LogP contribution < -0.4 is 10.1 Å². The van der Waals surface area contributed by atoms with Crippen LogP contribution in [0, 0.1) is 6.92 Å². The predicted octanol–water partition coefficient (Wildman–Crippen LogP) is 4.86. The van der Waals surface area contributed by atoms with Gasteiger partial charge in [-0.3, -0.25) is 4.79 Å².